The Morgan fingerprint density at radius 2 is 2.31 bits per heavy atom. The quantitative estimate of drug-likeness (QED) is 0.344. The van der Waals surface area contributed by atoms with Gasteiger partial charge in [-0.05, 0) is 37.3 Å². The molecule has 0 spiro atoms. The lowest BCUT2D eigenvalue weighted by atomic mass is 9.82. The lowest BCUT2D eigenvalue weighted by molar-refractivity contribution is 0.634. The summed E-state index contributed by atoms with van der Waals surface area (Å²) in [5.74, 6) is 6.85. The number of amidine groups is 1. The molecule has 1 aliphatic carbocycles. The van der Waals surface area contributed by atoms with Crippen LogP contribution in [0.2, 0.25) is 0 Å². The second kappa shape index (κ2) is 5.12. The summed E-state index contributed by atoms with van der Waals surface area (Å²) >= 11 is 0. The SMILES string of the molecule is CCN=C(NN)C1CCCc2ccccc21. The fourth-order valence-corrected chi connectivity index (χ4v) is 2.46. The predicted octanol–water partition coefficient (Wildman–Crippen LogP) is 1.99. The van der Waals surface area contributed by atoms with Gasteiger partial charge in [-0.15, -0.1) is 0 Å². The number of aryl methyl sites for hydroxylation is 1. The smallest absolute Gasteiger partial charge is 0.118 e. The van der Waals surface area contributed by atoms with Gasteiger partial charge >= 0.3 is 0 Å². The molecule has 86 valence electrons. The van der Waals surface area contributed by atoms with Crippen LogP contribution in [0, 0.1) is 0 Å². The first-order chi connectivity index (χ1) is 7.86. The van der Waals surface area contributed by atoms with Crippen LogP contribution >= 0.6 is 0 Å². The number of nitrogens with two attached hydrogens (primary N) is 1. The molecule has 0 bridgehead atoms. The standard InChI is InChI=1S/C13H19N3/c1-2-15-13(16-14)12-9-5-7-10-6-3-4-8-11(10)12/h3-4,6,8,12H,2,5,7,9,14H2,1H3,(H,15,16). The molecule has 0 aromatic heterocycles. The summed E-state index contributed by atoms with van der Waals surface area (Å²) in [6.45, 7) is 2.81. The van der Waals surface area contributed by atoms with Crippen molar-refractivity contribution in [3.8, 4) is 0 Å². The van der Waals surface area contributed by atoms with E-state index in [1.165, 1.54) is 24.0 Å². The van der Waals surface area contributed by atoms with Crippen LogP contribution in [0.3, 0.4) is 0 Å². The van der Waals surface area contributed by atoms with E-state index in [9.17, 15) is 0 Å². The summed E-state index contributed by atoms with van der Waals surface area (Å²) in [4.78, 5) is 4.45. The van der Waals surface area contributed by atoms with Crippen LogP contribution in [-0.4, -0.2) is 12.4 Å². The van der Waals surface area contributed by atoms with Crippen molar-refractivity contribution < 1.29 is 0 Å². The first kappa shape index (κ1) is 11.1. The zero-order valence-corrected chi connectivity index (χ0v) is 9.74. The number of rotatable bonds is 2. The molecule has 0 amide bonds. The number of aliphatic imine (C=N–C) groups is 1. The van der Waals surface area contributed by atoms with Crippen LogP contribution in [0.15, 0.2) is 29.3 Å². The largest absolute Gasteiger partial charge is 0.312 e. The minimum atomic E-state index is 0.356. The van der Waals surface area contributed by atoms with Gasteiger partial charge in [-0.2, -0.15) is 0 Å². The Balaban J connectivity index is 2.34. The number of nitrogens with one attached hydrogen (secondary N) is 1. The first-order valence-corrected chi connectivity index (χ1v) is 5.95. The highest BCUT2D eigenvalue weighted by Crippen LogP contribution is 2.31. The molecule has 3 N–H and O–H groups in total. The maximum Gasteiger partial charge on any atom is 0.118 e. The topological polar surface area (TPSA) is 50.4 Å². The molecule has 0 fully saturated rings. The summed E-state index contributed by atoms with van der Waals surface area (Å²) in [5.41, 5.74) is 5.59. The van der Waals surface area contributed by atoms with E-state index in [2.05, 4.69) is 34.7 Å². The Hall–Kier alpha value is -1.35. The number of hydrogen-bond acceptors (Lipinski definition) is 2. The summed E-state index contributed by atoms with van der Waals surface area (Å²) in [6, 6.07) is 8.61. The lowest BCUT2D eigenvalue weighted by Crippen LogP contribution is -2.36. The Morgan fingerprint density at radius 1 is 1.50 bits per heavy atom. The highest BCUT2D eigenvalue weighted by molar-refractivity contribution is 5.89. The van der Waals surface area contributed by atoms with Crippen molar-refractivity contribution in [2.24, 2.45) is 10.8 Å². The van der Waals surface area contributed by atoms with E-state index in [4.69, 9.17) is 5.84 Å². The van der Waals surface area contributed by atoms with Gasteiger partial charge in [-0.25, -0.2) is 5.84 Å². The molecule has 1 aromatic carbocycles. The maximum absolute atomic E-state index is 5.57. The molecule has 0 saturated heterocycles. The molecular formula is C13H19N3. The molecule has 1 aliphatic rings. The molecule has 0 aliphatic heterocycles. The van der Waals surface area contributed by atoms with Crippen molar-refractivity contribution in [2.75, 3.05) is 6.54 Å². The predicted molar refractivity (Wildman–Crippen MR) is 67.4 cm³/mol. The number of fused-ring (bicyclic) bond motifs is 1. The number of hydrogen-bond donors (Lipinski definition) is 2. The number of hydrazine groups is 1. The highest BCUT2D eigenvalue weighted by atomic mass is 15.3. The maximum atomic E-state index is 5.57. The normalized spacial score (nSPS) is 20.4. The van der Waals surface area contributed by atoms with Gasteiger partial charge in [0.2, 0.25) is 0 Å². The molecule has 16 heavy (non-hydrogen) atoms. The first-order valence-electron chi connectivity index (χ1n) is 5.95. The van der Waals surface area contributed by atoms with Crippen molar-refractivity contribution in [2.45, 2.75) is 32.1 Å². The van der Waals surface area contributed by atoms with Crippen molar-refractivity contribution in [3.63, 3.8) is 0 Å². The van der Waals surface area contributed by atoms with Gasteiger partial charge in [0, 0.05) is 12.5 Å². The van der Waals surface area contributed by atoms with Crippen LogP contribution in [0.1, 0.15) is 36.8 Å². The van der Waals surface area contributed by atoms with Gasteiger partial charge in [-0.1, -0.05) is 24.3 Å². The Morgan fingerprint density at radius 3 is 3.06 bits per heavy atom. The zero-order valence-electron chi connectivity index (χ0n) is 9.74. The van der Waals surface area contributed by atoms with Crippen molar-refractivity contribution in [1.29, 1.82) is 0 Å². The van der Waals surface area contributed by atoms with E-state index < -0.39 is 0 Å². The van der Waals surface area contributed by atoms with Gasteiger partial charge in [0.15, 0.2) is 0 Å². The lowest BCUT2D eigenvalue weighted by Gasteiger charge is -2.26. The summed E-state index contributed by atoms with van der Waals surface area (Å²) in [5, 5.41) is 0. The van der Waals surface area contributed by atoms with Crippen molar-refractivity contribution in [1.82, 2.24) is 5.43 Å². The van der Waals surface area contributed by atoms with Crippen LogP contribution in [-0.2, 0) is 6.42 Å². The zero-order chi connectivity index (χ0) is 11.4. The number of benzene rings is 1. The fourth-order valence-electron chi connectivity index (χ4n) is 2.46. The molecule has 1 atom stereocenters. The van der Waals surface area contributed by atoms with E-state index in [0.717, 1.165) is 18.8 Å². The van der Waals surface area contributed by atoms with E-state index in [1.54, 1.807) is 0 Å². The van der Waals surface area contributed by atoms with Gasteiger partial charge in [0.05, 0.1) is 0 Å². The van der Waals surface area contributed by atoms with E-state index in [1.807, 2.05) is 6.92 Å². The van der Waals surface area contributed by atoms with Crippen molar-refractivity contribution >= 4 is 5.84 Å². The van der Waals surface area contributed by atoms with Gasteiger partial charge in [0.1, 0.15) is 5.84 Å². The Labute approximate surface area is 96.7 Å². The molecule has 0 saturated carbocycles. The van der Waals surface area contributed by atoms with Crippen LogP contribution in [0.4, 0.5) is 0 Å². The fraction of sp³-hybridized carbons (Fsp3) is 0.462. The number of nitrogens with zero attached hydrogens (tertiary/aromatic N) is 1. The minimum absolute atomic E-state index is 0.356. The Kier molecular flexibility index (Phi) is 3.57. The van der Waals surface area contributed by atoms with Crippen LogP contribution in [0.5, 0.6) is 0 Å². The monoisotopic (exact) mass is 217 g/mol. The van der Waals surface area contributed by atoms with Gasteiger partial charge in [0.25, 0.3) is 0 Å². The Bertz CT molecular complexity index is 385. The minimum Gasteiger partial charge on any atom is -0.312 e. The average molecular weight is 217 g/mol. The molecule has 1 unspecified atom stereocenters. The summed E-state index contributed by atoms with van der Waals surface area (Å²) in [7, 11) is 0. The average Bonchev–Trinajstić information content (AvgIpc) is 2.35. The molecule has 2 rings (SSSR count). The third-order valence-electron chi connectivity index (χ3n) is 3.18. The van der Waals surface area contributed by atoms with E-state index in [-0.39, 0.29) is 0 Å². The molecule has 1 aromatic rings. The molecule has 3 heteroatoms. The molecule has 0 heterocycles. The molecular weight excluding hydrogens is 198 g/mol. The van der Waals surface area contributed by atoms with Gasteiger partial charge < -0.3 is 5.43 Å². The highest BCUT2D eigenvalue weighted by Gasteiger charge is 2.23. The third kappa shape index (κ3) is 2.09. The van der Waals surface area contributed by atoms with Crippen LogP contribution < -0.4 is 11.3 Å². The van der Waals surface area contributed by atoms with Crippen molar-refractivity contribution in [3.05, 3.63) is 35.4 Å². The van der Waals surface area contributed by atoms with Gasteiger partial charge in [-0.3, -0.25) is 4.99 Å². The van der Waals surface area contributed by atoms with Crippen LogP contribution in [0.25, 0.3) is 0 Å². The summed E-state index contributed by atoms with van der Waals surface area (Å²) in [6.07, 6.45) is 3.53. The van der Waals surface area contributed by atoms with E-state index in [0.29, 0.717) is 5.92 Å². The summed E-state index contributed by atoms with van der Waals surface area (Å²) < 4.78 is 0. The molecule has 0 radical (unpaired) electrons. The second-order valence-electron chi connectivity index (χ2n) is 4.15. The second-order valence-corrected chi connectivity index (χ2v) is 4.15. The third-order valence-corrected chi connectivity index (χ3v) is 3.18. The van der Waals surface area contributed by atoms with E-state index >= 15 is 0 Å². The molecule has 3 nitrogen and oxygen atoms in total.